The molecule has 31 heavy (non-hydrogen) atoms. The molecule has 8 nitrogen and oxygen atoms in total. The Labute approximate surface area is 179 Å². The van der Waals surface area contributed by atoms with Crippen LogP contribution in [0.3, 0.4) is 0 Å². The largest absolute Gasteiger partial charge is 0.474 e. The Bertz CT molecular complexity index is 1020. The summed E-state index contributed by atoms with van der Waals surface area (Å²) in [7, 11) is 0. The zero-order valence-corrected chi connectivity index (χ0v) is 17.2. The minimum Gasteiger partial charge on any atom is -0.474 e. The molecule has 3 aromatic rings. The van der Waals surface area contributed by atoms with Gasteiger partial charge in [0, 0.05) is 31.4 Å². The number of pyridine rings is 2. The van der Waals surface area contributed by atoms with Gasteiger partial charge in [-0.05, 0) is 37.8 Å². The van der Waals surface area contributed by atoms with E-state index in [2.05, 4.69) is 25.2 Å². The first-order valence-electron chi connectivity index (χ1n) is 10.7. The molecule has 0 aromatic carbocycles. The van der Waals surface area contributed by atoms with E-state index >= 15 is 0 Å². The number of morpholine rings is 1. The summed E-state index contributed by atoms with van der Waals surface area (Å²) in [5.74, 6) is 1.55. The molecule has 1 aliphatic heterocycles. The normalized spacial score (nSPS) is 21.8. The molecule has 1 N–H and O–H groups in total. The molecule has 0 amide bonds. The summed E-state index contributed by atoms with van der Waals surface area (Å²) in [5, 5.41) is 4.22. The van der Waals surface area contributed by atoms with Gasteiger partial charge >= 0.3 is 0 Å². The summed E-state index contributed by atoms with van der Waals surface area (Å²) in [6.07, 6.45) is 7.86. The molecule has 0 radical (unpaired) electrons. The average Bonchev–Trinajstić information content (AvgIpc) is 2.82. The minimum atomic E-state index is -0.434. The quantitative estimate of drug-likeness (QED) is 0.668. The minimum absolute atomic E-state index is 0.0861. The van der Waals surface area contributed by atoms with E-state index in [0.29, 0.717) is 25.0 Å². The third-order valence-electron chi connectivity index (χ3n) is 5.79. The van der Waals surface area contributed by atoms with E-state index in [1.807, 2.05) is 18.2 Å². The number of halogens is 1. The van der Waals surface area contributed by atoms with Gasteiger partial charge in [0.1, 0.15) is 11.9 Å². The van der Waals surface area contributed by atoms with Gasteiger partial charge in [0.05, 0.1) is 36.5 Å². The highest BCUT2D eigenvalue weighted by molar-refractivity contribution is 5.85. The summed E-state index contributed by atoms with van der Waals surface area (Å²) >= 11 is 0. The second-order valence-electron chi connectivity index (χ2n) is 7.92. The first-order valence-corrected chi connectivity index (χ1v) is 10.7. The molecule has 1 saturated heterocycles. The van der Waals surface area contributed by atoms with Crippen molar-refractivity contribution in [1.29, 1.82) is 0 Å². The van der Waals surface area contributed by atoms with Crippen molar-refractivity contribution in [1.82, 2.24) is 19.9 Å². The van der Waals surface area contributed by atoms with Gasteiger partial charge < -0.3 is 19.7 Å². The van der Waals surface area contributed by atoms with Crippen LogP contribution in [0.4, 0.5) is 16.2 Å². The number of nitrogens with one attached hydrogen (secondary N) is 1. The summed E-state index contributed by atoms with van der Waals surface area (Å²) in [6.45, 7) is 3.03. The van der Waals surface area contributed by atoms with E-state index in [4.69, 9.17) is 14.5 Å². The van der Waals surface area contributed by atoms with Crippen LogP contribution in [0.15, 0.2) is 36.8 Å². The van der Waals surface area contributed by atoms with Crippen LogP contribution < -0.4 is 15.0 Å². The summed E-state index contributed by atoms with van der Waals surface area (Å²) in [4.78, 5) is 19.6. The Morgan fingerprint density at radius 1 is 1.06 bits per heavy atom. The predicted octanol–water partition coefficient (Wildman–Crippen LogP) is 3.20. The highest BCUT2D eigenvalue weighted by Gasteiger charge is 2.25. The third kappa shape index (κ3) is 4.66. The van der Waals surface area contributed by atoms with Crippen molar-refractivity contribution in [2.24, 2.45) is 0 Å². The van der Waals surface area contributed by atoms with E-state index in [1.165, 1.54) is 12.4 Å². The third-order valence-corrected chi connectivity index (χ3v) is 5.79. The average molecular weight is 424 g/mol. The molecule has 2 fully saturated rings. The lowest BCUT2D eigenvalue weighted by atomic mass is 9.93. The number of anilines is 2. The van der Waals surface area contributed by atoms with E-state index in [1.54, 1.807) is 6.20 Å². The Balaban J connectivity index is 1.27. The van der Waals surface area contributed by atoms with Crippen LogP contribution in [0.25, 0.3) is 10.9 Å². The molecule has 1 saturated carbocycles. The van der Waals surface area contributed by atoms with E-state index < -0.39 is 5.82 Å². The molecule has 0 unspecified atom stereocenters. The van der Waals surface area contributed by atoms with Gasteiger partial charge in [0.2, 0.25) is 11.8 Å². The molecule has 0 bridgehead atoms. The molecule has 162 valence electrons. The SMILES string of the molecule is Fc1cnc(NC2CCC(Oc3nc(N4CCOCC4)cc4ncccc34)CC2)nc1. The molecule has 3 aromatic heterocycles. The number of nitrogens with zero attached hydrogens (tertiary/aromatic N) is 5. The summed E-state index contributed by atoms with van der Waals surface area (Å²) in [5.41, 5.74) is 0.887. The molecule has 0 atom stereocenters. The first kappa shape index (κ1) is 19.9. The zero-order valence-electron chi connectivity index (χ0n) is 17.2. The van der Waals surface area contributed by atoms with Gasteiger partial charge in [-0.3, -0.25) is 4.98 Å². The van der Waals surface area contributed by atoms with Crippen molar-refractivity contribution in [3.8, 4) is 5.88 Å². The standard InChI is InChI=1S/C22H25FN6O2/c23-15-13-25-22(26-14-15)27-16-3-5-17(6-4-16)31-21-18-2-1-7-24-19(18)12-20(28-21)29-8-10-30-11-9-29/h1-2,7,12-14,16-17H,3-6,8-11H2,(H,25,26,27). The summed E-state index contributed by atoms with van der Waals surface area (Å²) in [6, 6.07) is 6.19. The molecule has 0 spiro atoms. The monoisotopic (exact) mass is 424 g/mol. The van der Waals surface area contributed by atoms with Crippen molar-refractivity contribution in [2.75, 3.05) is 36.5 Å². The van der Waals surface area contributed by atoms with Crippen molar-refractivity contribution in [2.45, 2.75) is 37.8 Å². The molecule has 1 aliphatic carbocycles. The smallest absolute Gasteiger partial charge is 0.225 e. The van der Waals surface area contributed by atoms with Gasteiger partial charge in [-0.1, -0.05) is 0 Å². The van der Waals surface area contributed by atoms with Crippen LogP contribution in [0, 0.1) is 5.82 Å². The fourth-order valence-electron chi connectivity index (χ4n) is 4.13. The first-order chi connectivity index (χ1) is 15.2. The number of hydrogen-bond donors (Lipinski definition) is 1. The van der Waals surface area contributed by atoms with E-state index in [9.17, 15) is 4.39 Å². The second-order valence-corrected chi connectivity index (χ2v) is 7.92. The fraction of sp³-hybridized carbons (Fsp3) is 0.455. The Morgan fingerprint density at radius 3 is 2.61 bits per heavy atom. The van der Waals surface area contributed by atoms with Crippen LogP contribution in [0.5, 0.6) is 5.88 Å². The molecule has 2 aliphatic rings. The van der Waals surface area contributed by atoms with Crippen molar-refractivity contribution < 1.29 is 13.9 Å². The van der Waals surface area contributed by atoms with Crippen LogP contribution in [0.1, 0.15) is 25.7 Å². The van der Waals surface area contributed by atoms with Crippen LogP contribution in [0.2, 0.25) is 0 Å². The maximum atomic E-state index is 13.0. The number of hydrogen-bond acceptors (Lipinski definition) is 8. The lowest BCUT2D eigenvalue weighted by Crippen LogP contribution is -2.37. The van der Waals surface area contributed by atoms with Gasteiger partial charge in [-0.2, -0.15) is 4.98 Å². The number of ether oxygens (including phenoxy) is 2. The lowest BCUT2D eigenvalue weighted by molar-refractivity contribution is 0.122. The van der Waals surface area contributed by atoms with Crippen molar-refractivity contribution >= 4 is 22.7 Å². The molecular weight excluding hydrogens is 399 g/mol. The predicted molar refractivity (Wildman–Crippen MR) is 115 cm³/mol. The van der Waals surface area contributed by atoms with Crippen LogP contribution in [-0.2, 0) is 4.74 Å². The number of rotatable bonds is 5. The van der Waals surface area contributed by atoms with Gasteiger partial charge in [-0.15, -0.1) is 0 Å². The topological polar surface area (TPSA) is 85.3 Å². The van der Waals surface area contributed by atoms with Crippen molar-refractivity contribution in [3.05, 3.63) is 42.6 Å². The Hall–Kier alpha value is -3.07. The van der Waals surface area contributed by atoms with Crippen molar-refractivity contribution in [3.63, 3.8) is 0 Å². The molecule has 9 heteroatoms. The second kappa shape index (κ2) is 8.97. The Kier molecular flexibility index (Phi) is 5.75. The maximum absolute atomic E-state index is 13.0. The van der Waals surface area contributed by atoms with Gasteiger partial charge in [0.25, 0.3) is 0 Å². The van der Waals surface area contributed by atoms with E-state index in [0.717, 1.165) is 55.5 Å². The fourth-order valence-corrected chi connectivity index (χ4v) is 4.13. The highest BCUT2D eigenvalue weighted by Crippen LogP contribution is 2.31. The zero-order chi connectivity index (χ0) is 21.0. The van der Waals surface area contributed by atoms with Crippen LogP contribution in [-0.4, -0.2) is 58.4 Å². The van der Waals surface area contributed by atoms with Gasteiger partial charge in [-0.25, -0.2) is 14.4 Å². The van der Waals surface area contributed by atoms with Crippen LogP contribution >= 0.6 is 0 Å². The van der Waals surface area contributed by atoms with Gasteiger partial charge in [0.15, 0.2) is 5.82 Å². The molecular formula is C22H25FN6O2. The number of aromatic nitrogens is 4. The van der Waals surface area contributed by atoms with E-state index in [-0.39, 0.29) is 12.1 Å². The maximum Gasteiger partial charge on any atom is 0.225 e. The Morgan fingerprint density at radius 2 is 1.84 bits per heavy atom. The highest BCUT2D eigenvalue weighted by atomic mass is 19.1. The lowest BCUT2D eigenvalue weighted by Gasteiger charge is -2.31. The number of fused-ring (bicyclic) bond motifs is 1. The molecule has 5 rings (SSSR count). The summed E-state index contributed by atoms with van der Waals surface area (Å²) < 4.78 is 24.9. The molecule has 4 heterocycles.